The number of methoxy groups -OCH3 is 1. The third-order valence-electron chi connectivity index (χ3n) is 5.68. The molecule has 8 heteroatoms. The van der Waals surface area contributed by atoms with Crippen molar-refractivity contribution in [1.29, 1.82) is 0 Å². The number of anilines is 1. The van der Waals surface area contributed by atoms with Crippen LogP contribution < -0.4 is 20.7 Å². The van der Waals surface area contributed by atoms with Gasteiger partial charge in [0, 0.05) is 24.3 Å². The molecule has 1 aliphatic rings. The second-order valence-electron chi connectivity index (χ2n) is 8.05. The zero-order valence-corrected chi connectivity index (χ0v) is 19.4. The van der Waals surface area contributed by atoms with E-state index < -0.39 is 15.9 Å². The largest absolute Gasteiger partial charge is 0.496 e. The van der Waals surface area contributed by atoms with Crippen molar-refractivity contribution in [2.45, 2.75) is 36.7 Å². The molecule has 3 aromatic rings. The van der Waals surface area contributed by atoms with Gasteiger partial charge in [0.25, 0.3) is 0 Å². The van der Waals surface area contributed by atoms with Gasteiger partial charge in [-0.25, -0.2) is 13.2 Å². The molecule has 3 N–H and O–H groups in total. The van der Waals surface area contributed by atoms with Crippen LogP contribution in [0.3, 0.4) is 0 Å². The number of carbonyl (C=O) groups excluding carboxylic acids is 1. The lowest BCUT2D eigenvalue weighted by atomic mass is 10.1. The summed E-state index contributed by atoms with van der Waals surface area (Å²) in [6.07, 6.45) is 0. The van der Waals surface area contributed by atoms with Crippen molar-refractivity contribution in [3.05, 3.63) is 89.0 Å². The summed E-state index contributed by atoms with van der Waals surface area (Å²) in [4.78, 5) is 12.6. The van der Waals surface area contributed by atoms with E-state index in [2.05, 4.69) is 16.0 Å². The van der Waals surface area contributed by atoms with Gasteiger partial charge in [0.15, 0.2) is 9.84 Å². The summed E-state index contributed by atoms with van der Waals surface area (Å²) >= 11 is 0. The Labute approximate surface area is 194 Å². The Bertz CT molecular complexity index is 1260. The maximum atomic E-state index is 12.9. The molecule has 0 bridgehead atoms. The van der Waals surface area contributed by atoms with E-state index in [0.29, 0.717) is 11.4 Å². The van der Waals surface area contributed by atoms with E-state index in [1.165, 1.54) is 17.7 Å². The molecule has 1 unspecified atom stereocenters. The fourth-order valence-electron chi connectivity index (χ4n) is 3.95. The predicted molar refractivity (Wildman–Crippen MR) is 128 cm³/mol. The van der Waals surface area contributed by atoms with Gasteiger partial charge in [0.05, 0.1) is 23.8 Å². The van der Waals surface area contributed by atoms with Crippen LogP contribution in [0.2, 0.25) is 0 Å². The van der Waals surface area contributed by atoms with Crippen LogP contribution in [-0.2, 0) is 28.7 Å². The normalized spacial score (nSPS) is 13.8. The number of fused-ring (bicyclic) bond motifs is 1. The summed E-state index contributed by atoms with van der Waals surface area (Å²) in [5.41, 5.74) is 4.49. The fraction of sp³-hybridized carbons (Fsp3) is 0.240. The van der Waals surface area contributed by atoms with Crippen LogP contribution >= 0.6 is 0 Å². The van der Waals surface area contributed by atoms with Gasteiger partial charge in [-0.3, -0.25) is 0 Å². The van der Waals surface area contributed by atoms with E-state index in [9.17, 15) is 13.2 Å². The quantitative estimate of drug-likeness (QED) is 0.487. The lowest BCUT2D eigenvalue weighted by Gasteiger charge is -2.17. The second-order valence-corrected chi connectivity index (χ2v) is 10.0. The molecule has 0 spiro atoms. The zero-order chi connectivity index (χ0) is 23.4. The van der Waals surface area contributed by atoms with Crippen LogP contribution in [0.25, 0.3) is 0 Å². The molecule has 0 fully saturated rings. The average Bonchev–Trinajstić information content (AvgIpc) is 3.27. The maximum Gasteiger partial charge on any atom is 0.319 e. The highest BCUT2D eigenvalue weighted by atomic mass is 32.2. The van der Waals surface area contributed by atoms with Gasteiger partial charge in [-0.2, -0.15) is 0 Å². The van der Waals surface area contributed by atoms with Crippen LogP contribution in [-0.4, -0.2) is 21.6 Å². The van der Waals surface area contributed by atoms with Gasteiger partial charge in [0.2, 0.25) is 0 Å². The summed E-state index contributed by atoms with van der Waals surface area (Å²) in [6.45, 7) is 3.45. The van der Waals surface area contributed by atoms with Crippen LogP contribution in [0.1, 0.15) is 35.2 Å². The number of rotatable bonds is 7. The first-order valence-electron chi connectivity index (χ1n) is 10.7. The van der Waals surface area contributed by atoms with Crippen molar-refractivity contribution in [3.63, 3.8) is 0 Å². The number of amides is 2. The van der Waals surface area contributed by atoms with Crippen LogP contribution in [0, 0.1) is 0 Å². The summed E-state index contributed by atoms with van der Waals surface area (Å²) in [5, 5.41) is 8.87. The molecule has 0 aliphatic carbocycles. The molecule has 0 radical (unpaired) electrons. The molecule has 0 saturated heterocycles. The number of urea groups is 1. The smallest absolute Gasteiger partial charge is 0.319 e. The van der Waals surface area contributed by atoms with E-state index in [4.69, 9.17) is 4.74 Å². The Hall–Kier alpha value is -3.36. The number of carbonyl (C=O) groups is 1. The Morgan fingerprint density at radius 3 is 2.52 bits per heavy atom. The minimum atomic E-state index is -3.50. The molecule has 1 atom stereocenters. The van der Waals surface area contributed by atoms with Gasteiger partial charge in [0.1, 0.15) is 5.75 Å². The first-order chi connectivity index (χ1) is 15.9. The van der Waals surface area contributed by atoms with Crippen LogP contribution in [0.4, 0.5) is 10.5 Å². The van der Waals surface area contributed by atoms with Crippen molar-refractivity contribution in [1.82, 2.24) is 10.6 Å². The molecule has 0 saturated carbocycles. The number of hydrogen-bond donors (Lipinski definition) is 3. The van der Waals surface area contributed by atoms with Gasteiger partial charge >= 0.3 is 6.03 Å². The number of ether oxygens (including phenoxy) is 1. The molecule has 1 heterocycles. The second kappa shape index (κ2) is 9.64. The van der Waals surface area contributed by atoms with E-state index in [1.807, 2.05) is 49.4 Å². The Morgan fingerprint density at radius 1 is 1.03 bits per heavy atom. The Kier molecular flexibility index (Phi) is 6.67. The lowest BCUT2D eigenvalue weighted by molar-refractivity contribution is 0.249. The highest BCUT2D eigenvalue weighted by Crippen LogP contribution is 2.25. The van der Waals surface area contributed by atoms with Crippen molar-refractivity contribution in [2.24, 2.45) is 0 Å². The van der Waals surface area contributed by atoms with E-state index >= 15 is 0 Å². The molecule has 7 nitrogen and oxygen atoms in total. The molecule has 3 aromatic carbocycles. The number of hydrogen-bond acceptors (Lipinski definition) is 5. The van der Waals surface area contributed by atoms with Gasteiger partial charge in [-0.1, -0.05) is 36.4 Å². The van der Waals surface area contributed by atoms with Crippen molar-refractivity contribution in [3.8, 4) is 5.75 Å². The van der Waals surface area contributed by atoms with Gasteiger partial charge in [-0.15, -0.1) is 0 Å². The molecular weight excluding hydrogens is 438 g/mol. The average molecular weight is 466 g/mol. The highest BCUT2D eigenvalue weighted by Gasteiger charge is 2.18. The van der Waals surface area contributed by atoms with E-state index in [-0.39, 0.29) is 16.7 Å². The summed E-state index contributed by atoms with van der Waals surface area (Å²) in [6, 6.07) is 18.8. The SMILES string of the molecule is COc1ccccc1C(C)NC(=O)Nc1ccc(S(=O)(=O)Cc2ccc3c(c2)CNC3)cc1. The third-order valence-corrected chi connectivity index (χ3v) is 7.39. The minimum Gasteiger partial charge on any atom is -0.496 e. The Morgan fingerprint density at radius 2 is 1.76 bits per heavy atom. The summed E-state index contributed by atoms with van der Waals surface area (Å²) in [5.74, 6) is 0.628. The molecule has 2 amide bonds. The fourth-order valence-corrected chi connectivity index (χ4v) is 5.29. The lowest BCUT2D eigenvalue weighted by Crippen LogP contribution is -2.31. The molecule has 33 heavy (non-hydrogen) atoms. The monoisotopic (exact) mass is 465 g/mol. The zero-order valence-electron chi connectivity index (χ0n) is 18.6. The van der Waals surface area contributed by atoms with Crippen LogP contribution in [0.5, 0.6) is 5.75 Å². The standard InChI is InChI=1S/C25H27N3O4S/c1-17(23-5-3-4-6-24(23)32-2)27-25(29)28-21-9-11-22(12-10-21)33(30,31)16-18-7-8-19-14-26-15-20(19)13-18/h3-13,17,26H,14-16H2,1-2H3,(H2,27,28,29). The van der Waals surface area contributed by atoms with Crippen molar-refractivity contribution >= 4 is 21.6 Å². The minimum absolute atomic E-state index is 0.0655. The number of para-hydroxylation sites is 1. The highest BCUT2D eigenvalue weighted by molar-refractivity contribution is 7.90. The molecule has 0 aromatic heterocycles. The number of nitrogens with one attached hydrogen (secondary N) is 3. The predicted octanol–water partition coefficient (Wildman–Crippen LogP) is 4.16. The first-order valence-corrected chi connectivity index (χ1v) is 12.4. The van der Waals surface area contributed by atoms with Crippen LogP contribution in [0.15, 0.2) is 71.6 Å². The Balaban J connectivity index is 1.38. The van der Waals surface area contributed by atoms with E-state index in [0.717, 1.165) is 29.8 Å². The molecule has 4 rings (SSSR count). The van der Waals surface area contributed by atoms with Gasteiger partial charge in [-0.05, 0) is 53.9 Å². The summed E-state index contributed by atoms with van der Waals surface area (Å²) < 4.78 is 31.1. The molecular formula is C25H27N3O4S. The van der Waals surface area contributed by atoms with E-state index in [1.54, 1.807) is 19.2 Å². The van der Waals surface area contributed by atoms with Crippen molar-refractivity contribution < 1.29 is 17.9 Å². The first kappa shape index (κ1) is 22.8. The van der Waals surface area contributed by atoms with Gasteiger partial charge < -0.3 is 20.7 Å². The molecule has 1 aliphatic heterocycles. The van der Waals surface area contributed by atoms with Crippen molar-refractivity contribution in [2.75, 3.05) is 12.4 Å². The maximum absolute atomic E-state index is 12.9. The number of benzene rings is 3. The summed E-state index contributed by atoms with van der Waals surface area (Å²) in [7, 11) is -1.92. The number of sulfone groups is 1. The topological polar surface area (TPSA) is 96.5 Å². The molecule has 172 valence electrons. The third kappa shape index (κ3) is 5.35.